The average Bonchev–Trinajstić information content (AvgIpc) is 2.32. The van der Waals surface area contributed by atoms with Gasteiger partial charge in [-0.1, -0.05) is 12.1 Å². The third kappa shape index (κ3) is 3.48. The summed E-state index contributed by atoms with van der Waals surface area (Å²) in [6.45, 7) is 1.70. The van der Waals surface area contributed by atoms with Crippen LogP contribution in [0.15, 0.2) is 18.2 Å². The maximum Gasteiger partial charge on any atom is 0.272 e. The number of benzene rings is 1. The van der Waals surface area contributed by atoms with Gasteiger partial charge in [-0.3, -0.25) is 10.1 Å². The number of nitro benzene ring substituents is 1. The first-order valence-corrected chi connectivity index (χ1v) is 5.28. The van der Waals surface area contributed by atoms with Gasteiger partial charge in [0.2, 0.25) is 0 Å². The molecule has 6 nitrogen and oxygen atoms in total. The van der Waals surface area contributed by atoms with E-state index in [0.29, 0.717) is 12.1 Å². The topological polar surface area (TPSA) is 95.6 Å². The Bertz CT molecular complexity index is 391. The molecular formula is C11H16N2O4. The lowest BCUT2D eigenvalue weighted by Gasteiger charge is -2.14. The van der Waals surface area contributed by atoms with Crippen molar-refractivity contribution in [2.75, 3.05) is 13.2 Å². The lowest BCUT2D eigenvalue weighted by molar-refractivity contribution is -0.385. The normalized spacial score (nSPS) is 10.8. The molecule has 3 N–H and O–H groups in total. The molecule has 0 amide bonds. The molecule has 0 bridgehead atoms. The van der Waals surface area contributed by atoms with Crippen LogP contribution < -0.4 is 5.32 Å². The molecule has 17 heavy (non-hydrogen) atoms. The predicted molar refractivity (Wildman–Crippen MR) is 62.6 cm³/mol. The number of aliphatic hydroxyl groups is 2. The number of hydrogen-bond donors (Lipinski definition) is 3. The molecule has 1 rings (SSSR count). The number of nitrogens with one attached hydrogen (secondary N) is 1. The molecule has 0 aromatic heterocycles. The fourth-order valence-corrected chi connectivity index (χ4v) is 1.50. The number of nitrogens with zero attached hydrogens (tertiary/aromatic N) is 1. The lowest BCUT2D eigenvalue weighted by Crippen LogP contribution is -2.35. The zero-order chi connectivity index (χ0) is 12.8. The molecule has 1 aromatic carbocycles. The van der Waals surface area contributed by atoms with Gasteiger partial charge in [0.05, 0.1) is 24.2 Å². The highest BCUT2D eigenvalue weighted by Gasteiger charge is 2.13. The molecule has 0 spiro atoms. The van der Waals surface area contributed by atoms with Gasteiger partial charge >= 0.3 is 0 Å². The van der Waals surface area contributed by atoms with Crippen molar-refractivity contribution in [3.8, 4) is 0 Å². The van der Waals surface area contributed by atoms with Crippen LogP contribution in [0.25, 0.3) is 0 Å². The number of aliphatic hydroxyl groups excluding tert-OH is 2. The van der Waals surface area contributed by atoms with Gasteiger partial charge in [0.15, 0.2) is 0 Å². The molecule has 0 unspecified atom stereocenters. The third-order valence-electron chi connectivity index (χ3n) is 2.64. The highest BCUT2D eigenvalue weighted by Crippen LogP contribution is 2.20. The van der Waals surface area contributed by atoms with Crippen LogP contribution in [0.1, 0.15) is 11.1 Å². The Labute approximate surface area is 99.0 Å². The monoisotopic (exact) mass is 240 g/mol. The van der Waals surface area contributed by atoms with Gasteiger partial charge in [0, 0.05) is 18.2 Å². The molecule has 0 atom stereocenters. The van der Waals surface area contributed by atoms with E-state index in [0.717, 1.165) is 5.56 Å². The van der Waals surface area contributed by atoms with Gasteiger partial charge in [0.25, 0.3) is 5.69 Å². The van der Waals surface area contributed by atoms with Gasteiger partial charge in [-0.25, -0.2) is 0 Å². The summed E-state index contributed by atoms with van der Waals surface area (Å²) in [5, 5.41) is 31.4. The molecule has 0 saturated heterocycles. The summed E-state index contributed by atoms with van der Waals surface area (Å²) in [5.41, 5.74) is 1.46. The van der Waals surface area contributed by atoms with Gasteiger partial charge in [-0.05, 0) is 12.5 Å². The van der Waals surface area contributed by atoms with Gasteiger partial charge in [0.1, 0.15) is 0 Å². The molecule has 0 fully saturated rings. The van der Waals surface area contributed by atoms with Gasteiger partial charge in [-0.2, -0.15) is 0 Å². The van der Waals surface area contributed by atoms with Crippen LogP contribution in [0, 0.1) is 17.0 Å². The van der Waals surface area contributed by atoms with Crippen molar-refractivity contribution in [1.82, 2.24) is 5.32 Å². The minimum atomic E-state index is -0.422. The first-order valence-electron chi connectivity index (χ1n) is 5.28. The van der Waals surface area contributed by atoms with Gasteiger partial charge in [-0.15, -0.1) is 0 Å². The molecule has 0 aliphatic carbocycles. The highest BCUT2D eigenvalue weighted by atomic mass is 16.6. The van der Waals surface area contributed by atoms with E-state index in [1.165, 1.54) is 6.07 Å². The van der Waals surface area contributed by atoms with Crippen LogP contribution in [-0.4, -0.2) is 34.4 Å². The first kappa shape index (κ1) is 13.6. The molecule has 94 valence electrons. The van der Waals surface area contributed by atoms with Crippen molar-refractivity contribution in [3.05, 3.63) is 39.4 Å². The van der Waals surface area contributed by atoms with Crippen LogP contribution >= 0.6 is 0 Å². The van der Waals surface area contributed by atoms with Crippen molar-refractivity contribution < 1.29 is 15.1 Å². The van der Waals surface area contributed by atoms with E-state index in [2.05, 4.69) is 5.32 Å². The zero-order valence-corrected chi connectivity index (χ0v) is 9.59. The molecule has 0 heterocycles. The SMILES string of the molecule is Cc1c(CNC(CO)CO)cccc1[N+](=O)[O-]. The minimum absolute atomic E-state index is 0.0776. The quantitative estimate of drug-likeness (QED) is 0.492. The summed E-state index contributed by atoms with van der Waals surface area (Å²) in [5.74, 6) is 0. The van der Waals surface area contributed by atoms with Crippen LogP contribution in [0.5, 0.6) is 0 Å². The predicted octanol–water partition coefficient (Wildman–Crippen LogP) is 0.346. The van der Waals surface area contributed by atoms with Crippen molar-refractivity contribution in [2.24, 2.45) is 0 Å². The van der Waals surface area contributed by atoms with Crippen molar-refractivity contribution >= 4 is 5.69 Å². The van der Waals surface area contributed by atoms with Crippen molar-refractivity contribution in [3.63, 3.8) is 0 Å². The summed E-state index contributed by atoms with van der Waals surface area (Å²) in [7, 11) is 0. The number of nitro groups is 1. The van der Waals surface area contributed by atoms with E-state index in [1.54, 1.807) is 19.1 Å². The first-order chi connectivity index (χ1) is 8.10. The van der Waals surface area contributed by atoms with E-state index in [1.807, 2.05) is 0 Å². The molecule has 0 aliphatic rings. The Morgan fingerprint density at radius 2 is 2.06 bits per heavy atom. The maximum atomic E-state index is 10.7. The largest absolute Gasteiger partial charge is 0.395 e. The van der Waals surface area contributed by atoms with Crippen LogP contribution in [0.3, 0.4) is 0 Å². The second-order valence-corrected chi connectivity index (χ2v) is 3.76. The Morgan fingerprint density at radius 3 is 2.59 bits per heavy atom. The lowest BCUT2D eigenvalue weighted by atomic mass is 10.1. The molecule has 6 heteroatoms. The zero-order valence-electron chi connectivity index (χ0n) is 9.59. The summed E-state index contributed by atoms with van der Waals surface area (Å²) in [4.78, 5) is 10.3. The summed E-state index contributed by atoms with van der Waals surface area (Å²) >= 11 is 0. The van der Waals surface area contributed by atoms with Crippen LogP contribution in [-0.2, 0) is 6.54 Å². The van der Waals surface area contributed by atoms with E-state index in [-0.39, 0.29) is 18.9 Å². The summed E-state index contributed by atoms with van der Waals surface area (Å²) < 4.78 is 0. The number of rotatable bonds is 6. The molecular weight excluding hydrogens is 224 g/mol. The standard InChI is InChI=1S/C11H16N2O4/c1-8-9(5-12-10(6-14)7-15)3-2-4-11(8)13(16)17/h2-4,10,12,14-15H,5-7H2,1H3. The Kier molecular flexibility index (Phi) is 5.02. The Balaban J connectivity index is 2.78. The van der Waals surface area contributed by atoms with E-state index < -0.39 is 11.0 Å². The van der Waals surface area contributed by atoms with E-state index in [9.17, 15) is 10.1 Å². The molecule has 0 saturated carbocycles. The molecule has 0 radical (unpaired) electrons. The summed E-state index contributed by atoms with van der Waals surface area (Å²) in [6.07, 6.45) is 0. The van der Waals surface area contributed by atoms with E-state index >= 15 is 0 Å². The fourth-order valence-electron chi connectivity index (χ4n) is 1.50. The smallest absolute Gasteiger partial charge is 0.272 e. The minimum Gasteiger partial charge on any atom is -0.395 e. The fraction of sp³-hybridized carbons (Fsp3) is 0.455. The molecule has 0 aliphatic heterocycles. The highest BCUT2D eigenvalue weighted by molar-refractivity contribution is 5.44. The second-order valence-electron chi connectivity index (χ2n) is 3.76. The van der Waals surface area contributed by atoms with Gasteiger partial charge < -0.3 is 15.5 Å². The van der Waals surface area contributed by atoms with E-state index in [4.69, 9.17) is 10.2 Å². The van der Waals surface area contributed by atoms with Crippen molar-refractivity contribution in [1.29, 1.82) is 0 Å². The number of hydrogen-bond acceptors (Lipinski definition) is 5. The maximum absolute atomic E-state index is 10.7. The Morgan fingerprint density at radius 1 is 1.41 bits per heavy atom. The Hall–Kier alpha value is -1.50. The average molecular weight is 240 g/mol. The summed E-state index contributed by atoms with van der Waals surface area (Å²) in [6, 6.07) is 4.44. The third-order valence-corrected chi connectivity index (χ3v) is 2.64. The van der Waals surface area contributed by atoms with Crippen LogP contribution in [0.4, 0.5) is 5.69 Å². The van der Waals surface area contributed by atoms with Crippen molar-refractivity contribution in [2.45, 2.75) is 19.5 Å². The van der Waals surface area contributed by atoms with Crippen LogP contribution in [0.2, 0.25) is 0 Å². The molecule has 1 aromatic rings. The second kappa shape index (κ2) is 6.29.